The zero-order chi connectivity index (χ0) is 9.90. The molecule has 1 aliphatic carbocycles. The molecule has 0 aromatic carbocycles. The number of hydrogen-bond donors (Lipinski definition) is 2. The molecule has 0 aromatic rings. The topological polar surface area (TPSA) is 66.4 Å². The van der Waals surface area contributed by atoms with Gasteiger partial charge in [0.1, 0.15) is 0 Å². The molecule has 0 saturated heterocycles. The second kappa shape index (κ2) is 4.39. The van der Waals surface area contributed by atoms with Crippen molar-refractivity contribution in [3.05, 3.63) is 0 Å². The molecule has 1 unspecified atom stereocenters. The lowest BCUT2D eigenvalue weighted by Gasteiger charge is -2.16. The van der Waals surface area contributed by atoms with Crippen molar-refractivity contribution in [2.75, 3.05) is 12.4 Å². The van der Waals surface area contributed by atoms with Gasteiger partial charge < -0.3 is 5.11 Å². The standard InChI is InChI=1S/C8H17NO3S/c1-2-13(11,12)9-8(5-6-10)7-3-4-7/h7-10H,2-6H2,1H3. The minimum absolute atomic E-state index is 0.0463. The third kappa shape index (κ3) is 3.62. The molecule has 0 aliphatic heterocycles. The monoisotopic (exact) mass is 207 g/mol. The van der Waals surface area contributed by atoms with E-state index in [1.54, 1.807) is 6.92 Å². The fraction of sp³-hybridized carbons (Fsp3) is 1.00. The van der Waals surface area contributed by atoms with Gasteiger partial charge in [-0.05, 0) is 32.1 Å². The van der Waals surface area contributed by atoms with E-state index in [1.165, 1.54) is 0 Å². The van der Waals surface area contributed by atoms with Crippen LogP contribution in [0, 0.1) is 5.92 Å². The Hall–Kier alpha value is -0.130. The molecular weight excluding hydrogens is 190 g/mol. The summed E-state index contributed by atoms with van der Waals surface area (Å²) in [5.41, 5.74) is 0. The first-order chi connectivity index (χ1) is 6.09. The second-order valence-corrected chi connectivity index (χ2v) is 5.52. The molecule has 4 nitrogen and oxygen atoms in total. The number of aliphatic hydroxyl groups excluding tert-OH is 1. The average Bonchev–Trinajstić information content (AvgIpc) is 2.86. The molecule has 1 saturated carbocycles. The summed E-state index contributed by atoms with van der Waals surface area (Å²) in [6.07, 6.45) is 2.69. The van der Waals surface area contributed by atoms with Crippen LogP contribution in [0.5, 0.6) is 0 Å². The number of nitrogens with one attached hydrogen (secondary N) is 1. The summed E-state index contributed by atoms with van der Waals surface area (Å²) in [5.74, 6) is 0.565. The molecule has 1 rings (SSSR count). The smallest absolute Gasteiger partial charge is 0.211 e. The van der Waals surface area contributed by atoms with Crippen molar-refractivity contribution < 1.29 is 13.5 Å². The average molecular weight is 207 g/mol. The SMILES string of the molecule is CCS(=O)(=O)NC(CCO)C1CC1. The van der Waals surface area contributed by atoms with Crippen LogP contribution >= 0.6 is 0 Å². The van der Waals surface area contributed by atoms with E-state index >= 15 is 0 Å². The fourth-order valence-corrected chi connectivity index (χ4v) is 2.28. The fourth-order valence-electron chi connectivity index (χ4n) is 1.34. The first-order valence-electron chi connectivity index (χ1n) is 4.70. The molecule has 1 fully saturated rings. The van der Waals surface area contributed by atoms with Gasteiger partial charge in [0.05, 0.1) is 5.75 Å². The van der Waals surface area contributed by atoms with E-state index < -0.39 is 10.0 Å². The van der Waals surface area contributed by atoms with Crippen LogP contribution in [0.25, 0.3) is 0 Å². The Morgan fingerprint density at radius 1 is 1.54 bits per heavy atom. The molecule has 1 atom stereocenters. The number of sulfonamides is 1. The van der Waals surface area contributed by atoms with Crippen LogP contribution in [0.1, 0.15) is 26.2 Å². The Morgan fingerprint density at radius 2 is 2.15 bits per heavy atom. The van der Waals surface area contributed by atoms with Crippen molar-refractivity contribution in [3.63, 3.8) is 0 Å². The minimum atomic E-state index is -3.11. The van der Waals surface area contributed by atoms with Crippen LogP contribution in [-0.4, -0.2) is 31.9 Å². The molecule has 0 aromatic heterocycles. The highest BCUT2D eigenvalue weighted by Crippen LogP contribution is 2.34. The Balaban J connectivity index is 2.46. The number of rotatable bonds is 6. The van der Waals surface area contributed by atoms with Crippen LogP contribution in [0.15, 0.2) is 0 Å². The Morgan fingerprint density at radius 3 is 2.54 bits per heavy atom. The molecule has 0 amide bonds. The van der Waals surface area contributed by atoms with Crippen molar-refractivity contribution in [1.82, 2.24) is 4.72 Å². The Kier molecular flexibility index (Phi) is 3.70. The van der Waals surface area contributed by atoms with Crippen LogP contribution in [-0.2, 0) is 10.0 Å². The van der Waals surface area contributed by atoms with E-state index in [0.717, 1.165) is 12.8 Å². The summed E-state index contributed by atoms with van der Waals surface area (Å²) in [6, 6.07) is -0.0463. The van der Waals surface area contributed by atoms with Gasteiger partial charge in [-0.2, -0.15) is 0 Å². The summed E-state index contributed by atoms with van der Waals surface area (Å²) >= 11 is 0. The quantitative estimate of drug-likeness (QED) is 0.648. The molecule has 0 radical (unpaired) electrons. The maximum atomic E-state index is 11.2. The molecule has 0 heterocycles. The lowest BCUT2D eigenvalue weighted by Crippen LogP contribution is -2.37. The molecule has 1 aliphatic rings. The largest absolute Gasteiger partial charge is 0.396 e. The van der Waals surface area contributed by atoms with Gasteiger partial charge in [-0.25, -0.2) is 13.1 Å². The highest BCUT2D eigenvalue weighted by atomic mass is 32.2. The van der Waals surface area contributed by atoms with Gasteiger partial charge in [0.2, 0.25) is 10.0 Å². The third-order valence-electron chi connectivity index (χ3n) is 2.34. The molecule has 2 N–H and O–H groups in total. The van der Waals surface area contributed by atoms with Crippen molar-refractivity contribution in [3.8, 4) is 0 Å². The van der Waals surface area contributed by atoms with E-state index in [2.05, 4.69) is 4.72 Å². The van der Waals surface area contributed by atoms with Gasteiger partial charge in [-0.15, -0.1) is 0 Å². The highest BCUT2D eigenvalue weighted by Gasteiger charge is 2.32. The van der Waals surface area contributed by atoms with Crippen molar-refractivity contribution in [2.24, 2.45) is 5.92 Å². The van der Waals surface area contributed by atoms with Crippen LogP contribution in [0.2, 0.25) is 0 Å². The van der Waals surface area contributed by atoms with E-state index in [-0.39, 0.29) is 18.4 Å². The van der Waals surface area contributed by atoms with Crippen molar-refractivity contribution >= 4 is 10.0 Å². The van der Waals surface area contributed by atoms with Crippen LogP contribution < -0.4 is 4.72 Å². The lowest BCUT2D eigenvalue weighted by molar-refractivity contribution is 0.265. The van der Waals surface area contributed by atoms with Crippen LogP contribution in [0.3, 0.4) is 0 Å². The zero-order valence-electron chi connectivity index (χ0n) is 7.86. The zero-order valence-corrected chi connectivity index (χ0v) is 8.68. The lowest BCUT2D eigenvalue weighted by atomic mass is 10.1. The molecule has 5 heteroatoms. The van der Waals surface area contributed by atoms with E-state index in [0.29, 0.717) is 12.3 Å². The van der Waals surface area contributed by atoms with E-state index in [4.69, 9.17) is 5.11 Å². The molecular formula is C8H17NO3S. The van der Waals surface area contributed by atoms with Gasteiger partial charge in [-0.1, -0.05) is 0 Å². The maximum Gasteiger partial charge on any atom is 0.211 e. The van der Waals surface area contributed by atoms with Crippen molar-refractivity contribution in [1.29, 1.82) is 0 Å². The maximum absolute atomic E-state index is 11.2. The molecule has 78 valence electrons. The summed E-state index contributed by atoms with van der Waals surface area (Å²) in [6.45, 7) is 1.67. The van der Waals surface area contributed by atoms with Gasteiger partial charge in [-0.3, -0.25) is 0 Å². The van der Waals surface area contributed by atoms with Gasteiger partial charge >= 0.3 is 0 Å². The van der Waals surface area contributed by atoms with Crippen molar-refractivity contribution in [2.45, 2.75) is 32.2 Å². The molecule has 13 heavy (non-hydrogen) atoms. The van der Waals surface area contributed by atoms with E-state index in [9.17, 15) is 8.42 Å². The summed E-state index contributed by atoms with van der Waals surface area (Å²) in [7, 11) is -3.11. The van der Waals surface area contributed by atoms with Crippen LogP contribution in [0.4, 0.5) is 0 Å². The Labute approximate surface area is 79.4 Å². The normalized spacial score (nSPS) is 20.2. The molecule has 0 spiro atoms. The van der Waals surface area contributed by atoms with E-state index in [1.807, 2.05) is 0 Å². The number of hydrogen-bond acceptors (Lipinski definition) is 3. The van der Waals surface area contributed by atoms with Gasteiger partial charge in [0.15, 0.2) is 0 Å². The first-order valence-corrected chi connectivity index (χ1v) is 6.35. The van der Waals surface area contributed by atoms with Gasteiger partial charge in [0, 0.05) is 12.6 Å². The molecule has 0 bridgehead atoms. The predicted octanol–water partition coefficient (Wildman–Crippen LogP) is 0.0867. The summed E-state index contributed by atoms with van der Waals surface area (Å²) < 4.78 is 25.1. The summed E-state index contributed by atoms with van der Waals surface area (Å²) in [4.78, 5) is 0. The number of aliphatic hydroxyl groups is 1. The highest BCUT2D eigenvalue weighted by molar-refractivity contribution is 7.89. The second-order valence-electron chi connectivity index (χ2n) is 3.48. The summed E-state index contributed by atoms with van der Waals surface area (Å²) in [5, 5.41) is 8.75. The Bertz CT molecular complexity index is 246. The minimum Gasteiger partial charge on any atom is -0.396 e. The van der Waals surface area contributed by atoms with Gasteiger partial charge in [0.25, 0.3) is 0 Å². The first kappa shape index (κ1) is 10.9. The predicted molar refractivity (Wildman–Crippen MR) is 50.8 cm³/mol. The third-order valence-corrected chi connectivity index (χ3v) is 3.76.